The molecule has 1 aromatic heterocycles. The quantitative estimate of drug-likeness (QED) is 0.438. The molecule has 0 bridgehead atoms. The molecule has 27 heavy (non-hydrogen) atoms. The van der Waals surface area contributed by atoms with Crippen molar-refractivity contribution in [1.29, 1.82) is 0 Å². The highest BCUT2D eigenvalue weighted by molar-refractivity contribution is 5.71. The van der Waals surface area contributed by atoms with Gasteiger partial charge in [0.25, 0.3) is 5.52 Å². The van der Waals surface area contributed by atoms with Crippen LogP contribution in [0.5, 0.6) is 5.75 Å². The van der Waals surface area contributed by atoms with E-state index in [-0.39, 0.29) is 0 Å². The fraction of sp³-hybridized carbons (Fsp3) is 0.125. The lowest BCUT2D eigenvalue weighted by atomic mass is 10.1. The maximum Gasteiger partial charge on any atom is 0.345 e. The smallest absolute Gasteiger partial charge is 0.345 e. The molecular formula is C24H22NO2+. The second kappa shape index (κ2) is 7.50. The van der Waals surface area contributed by atoms with Gasteiger partial charge in [-0.2, -0.15) is 4.57 Å². The van der Waals surface area contributed by atoms with Crippen molar-refractivity contribution in [2.45, 2.75) is 20.1 Å². The number of aromatic nitrogens is 1. The monoisotopic (exact) mass is 356 g/mol. The molecule has 0 unspecified atom stereocenters. The van der Waals surface area contributed by atoms with E-state index in [0.29, 0.717) is 6.61 Å². The van der Waals surface area contributed by atoms with Crippen LogP contribution in [0.1, 0.15) is 22.6 Å². The normalized spacial score (nSPS) is 10.9. The third-order valence-electron chi connectivity index (χ3n) is 4.66. The molecule has 0 aliphatic rings. The zero-order valence-corrected chi connectivity index (χ0v) is 15.4. The highest BCUT2D eigenvalue weighted by Gasteiger charge is 2.20. The van der Waals surface area contributed by atoms with Crippen molar-refractivity contribution in [1.82, 2.24) is 0 Å². The van der Waals surface area contributed by atoms with Crippen LogP contribution in [0.3, 0.4) is 0 Å². The standard InChI is InChI=1S/C24H22NO2/c1-3-19-9-11-20(12-10-19)16-25-18(2)27-24-15-22(13-14-23(24)25)26-17-21-7-5-4-6-8-21/h3-15H,1,16-17H2,2H3/q+1. The molecule has 3 nitrogen and oxygen atoms in total. The molecule has 0 radical (unpaired) electrons. The Morgan fingerprint density at radius 2 is 1.74 bits per heavy atom. The predicted molar refractivity (Wildman–Crippen MR) is 108 cm³/mol. The summed E-state index contributed by atoms with van der Waals surface area (Å²) in [6.07, 6.45) is 1.85. The van der Waals surface area contributed by atoms with Crippen LogP contribution in [0.4, 0.5) is 0 Å². The van der Waals surface area contributed by atoms with E-state index in [0.717, 1.165) is 40.4 Å². The summed E-state index contributed by atoms with van der Waals surface area (Å²) in [5, 5.41) is 0. The summed E-state index contributed by atoms with van der Waals surface area (Å²) >= 11 is 0. The Hall–Kier alpha value is -3.33. The maximum atomic E-state index is 5.98. The van der Waals surface area contributed by atoms with Crippen molar-refractivity contribution in [2.24, 2.45) is 0 Å². The molecule has 0 atom stereocenters. The molecule has 3 aromatic carbocycles. The van der Waals surface area contributed by atoms with Gasteiger partial charge in [0, 0.05) is 17.7 Å². The third kappa shape index (κ3) is 3.77. The van der Waals surface area contributed by atoms with Crippen molar-refractivity contribution >= 4 is 17.2 Å². The van der Waals surface area contributed by atoms with Crippen LogP contribution in [0.15, 0.2) is 83.8 Å². The van der Waals surface area contributed by atoms with Gasteiger partial charge in [0.2, 0.25) is 5.58 Å². The van der Waals surface area contributed by atoms with Gasteiger partial charge in [0.05, 0.1) is 6.92 Å². The van der Waals surface area contributed by atoms with E-state index in [1.807, 2.05) is 43.3 Å². The lowest BCUT2D eigenvalue weighted by Gasteiger charge is -2.05. The van der Waals surface area contributed by atoms with Gasteiger partial charge in [-0.05, 0) is 17.2 Å². The fourth-order valence-corrected chi connectivity index (χ4v) is 3.15. The number of nitrogens with zero attached hydrogens (tertiary/aromatic N) is 1. The van der Waals surface area contributed by atoms with Crippen molar-refractivity contribution < 1.29 is 13.7 Å². The van der Waals surface area contributed by atoms with E-state index >= 15 is 0 Å². The highest BCUT2D eigenvalue weighted by Crippen LogP contribution is 2.22. The van der Waals surface area contributed by atoms with E-state index in [1.54, 1.807) is 0 Å². The third-order valence-corrected chi connectivity index (χ3v) is 4.66. The van der Waals surface area contributed by atoms with Crippen molar-refractivity contribution in [3.8, 4) is 5.75 Å². The van der Waals surface area contributed by atoms with E-state index < -0.39 is 0 Å². The van der Waals surface area contributed by atoms with Crippen LogP contribution in [-0.4, -0.2) is 0 Å². The number of rotatable bonds is 6. The highest BCUT2D eigenvalue weighted by atomic mass is 16.5. The molecule has 0 N–H and O–H groups in total. The molecule has 3 heteroatoms. The minimum Gasteiger partial charge on any atom is -0.489 e. The number of benzene rings is 3. The lowest BCUT2D eigenvalue weighted by molar-refractivity contribution is -0.674. The molecule has 0 amide bonds. The van der Waals surface area contributed by atoms with Crippen LogP contribution in [0.2, 0.25) is 0 Å². The summed E-state index contributed by atoms with van der Waals surface area (Å²) in [4.78, 5) is 0. The Labute approximate surface area is 159 Å². The summed E-state index contributed by atoms with van der Waals surface area (Å²) in [5.41, 5.74) is 5.39. The molecule has 1 heterocycles. The van der Waals surface area contributed by atoms with Gasteiger partial charge in [-0.3, -0.25) is 0 Å². The first-order valence-electron chi connectivity index (χ1n) is 9.04. The Morgan fingerprint density at radius 1 is 0.963 bits per heavy atom. The van der Waals surface area contributed by atoms with Gasteiger partial charge in [0.15, 0.2) is 6.54 Å². The number of hydrogen-bond donors (Lipinski definition) is 0. The molecule has 0 aliphatic carbocycles. The van der Waals surface area contributed by atoms with E-state index in [4.69, 9.17) is 9.15 Å². The van der Waals surface area contributed by atoms with Crippen LogP contribution in [0.25, 0.3) is 17.2 Å². The second-order valence-electron chi connectivity index (χ2n) is 6.56. The van der Waals surface area contributed by atoms with Crippen LogP contribution < -0.4 is 9.30 Å². The van der Waals surface area contributed by atoms with E-state index in [2.05, 4.69) is 53.6 Å². The van der Waals surface area contributed by atoms with Crippen LogP contribution in [0, 0.1) is 6.92 Å². The summed E-state index contributed by atoms with van der Waals surface area (Å²) in [6, 6.07) is 24.6. The minimum atomic E-state index is 0.543. The second-order valence-corrected chi connectivity index (χ2v) is 6.56. The average Bonchev–Trinajstić information content (AvgIpc) is 3.02. The number of hydrogen-bond acceptors (Lipinski definition) is 2. The SMILES string of the molecule is C=Cc1ccc(C[n+]2c(C)oc3cc(OCc4ccccc4)ccc32)cc1. The van der Waals surface area contributed by atoms with Crippen molar-refractivity contribution in [3.63, 3.8) is 0 Å². The zero-order valence-electron chi connectivity index (χ0n) is 15.4. The van der Waals surface area contributed by atoms with Crippen molar-refractivity contribution in [3.05, 3.63) is 102 Å². The summed E-state index contributed by atoms with van der Waals surface area (Å²) in [5.74, 6) is 1.68. The maximum absolute atomic E-state index is 5.98. The molecule has 0 saturated heterocycles. The predicted octanol–water partition coefficient (Wildman–Crippen LogP) is 5.30. The molecule has 4 rings (SSSR count). The Balaban J connectivity index is 1.55. The molecule has 4 aromatic rings. The fourth-order valence-electron chi connectivity index (χ4n) is 3.15. The molecular weight excluding hydrogens is 334 g/mol. The summed E-state index contributed by atoms with van der Waals surface area (Å²) in [6.45, 7) is 7.10. The topological polar surface area (TPSA) is 26.2 Å². The minimum absolute atomic E-state index is 0.543. The number of fused-ring (bicyclic) bond motifs is 1. The Kier molecular flexibility index (Phi) is 4.75. The number of aryl methyl sites for hydroxylation is 1. The first-order chi connectivity index (χ1) is 13.2. The molecule has 0 saturated carbocycles. The Morgan fingerprint density at radius 3 is 2.48 bits per heavy atom. The van der Waals surface area contributed by atoms with E-state index in [1.165, 1.54) is 5.56 Å². The molecule has 0 aliphatic heterocycles. The van der Waals surface area contributed by atoms with Gasteiger partial charge in [0.1, 0.15) is 12.4 Å². The van der Waals surface area contributed by atoms with E-state index in [9.17, 15) is 0 Å². The van der Waals surface area contributed by atoms with Gasteiger partial charge in [-0.25, -0.2) is 0 Å². The van der Waals surface area contributed by atoms with Gasteiger partial charge in [-0.15, -0.1) is 0 Å². The largest absolute Gasteiger partial charge is 0.489 e. The summed E-state index contributed by atoms with van der Waals surface area (Å²) < 4.78 is 14.1. The summed E-state index contributed by atoms with van der Waals surface area (Å²) in [7, 11) is 0. The van der Waals surface area contributed by atoms with Crippen LogP contribution in [-0.2, 0) is 13.2 Å². The van der Waals surface area contributed by atoms with Gasteiger partial charge < -0.3 is 9.15 Å². The van der Waals surface area contributed by atoms with Gasteiger partial charge >= 0.3 is 5.89 Å². The molecule has 0 fully saturated rings. The first-order valence-corrected chi connectivity index (χ1v) is 9.04. The average molecular weight is 356 g/mol. The number of ether oxygens (including phenoxy) is 1. The van der Waals surface area contributed by atoms with Gasteiger partial charge in [-0.1, -0.05) is 67.3 Å². The number of oxazole rings is 1. The molecule has 0 spiro atoms. The zero-order chi connectivity index (χ0) is 18.6. The molecule has 134 valence electrons. The van der Waals surface area contributed by atoms with Crippen LogP contribution >= 0.6 is 0 Å². The first kappa shape index (κ1) is 17.1. The van der Waals surface area contributed by atoms with Crippen molar-refractivity contribution in [2.75, 3.05) is 0 Å². The lowest BCUT2D eigenvalue weighted by Crippen LogP contribution is -2.35. The Bertz CT molecular complexity index is 1060.